The number of carboxylic acids is 1. The predicted molar refractivity (Wildman–Crippen MR) is 67.3 cm³/mol. The molecule has 0 bridgehead atoms. The lowest BCUT2D eigenvalue weighted by molar-refractivity contribution is -0.139. The summed E-state index contributed by atoms with van der Waals surface area (Å²) in [5.74, 6) is -0.364. The van der Waals surface area contributed by atoms with Gasteiger partial charge in [0.2, 0.25) is 0 Å². The molecule has 1 aromatic rings. The van der Waals surface area contributed by atoms with E-state index in [2.05, 4.69) is 16.8 Å². The van der Waals surface area contributed by atoms with Crippen molar-refractivity contribution in [3.05, 3.63) is 15.6 Å². The third-order valence-corrected chi connectivity index (χ3v) is 4.56. The van der Waals surface area contributed by atoms with Gasteiger partial charge in [0.05, 0.1) is 17.1 Å². The summed E-state index contributed by atoms with van der Waals surface area (Å²) < 4.78 is 0. The Balaban J connectivity index is 1.93. The Kier molecular flexibility index (Phi) is 3.49. The number of aliphatic carboxylic acids is 1. The Hall–Kier alpha value is -0.940. The zero-order chi connectivity index (χ0) is 12.6. The average molecular weight is 254 g/mol. The molecule has 1 aliphatic heterocycles. The van der Waals surface area contributed by atoms with E-state index in [0.29, 0.717) is 18.4 Å². The SMILES string of the molecule is Cc1nc(C)c(C(C)N2CC(CC(=O)O)C2)s1. The van der Waals surface area contributed by atoms with Crippen molar-refractivity contribution in [1.82, 2.24) is 9.88 Å². The molecule has 0 amide bonds. The van der Waals surface area contributed by atoms with Crippen molar-refractivity contribution in [2.45, 2.75) is 33.2 Å². The normalized spacial score (nSPS) is 19.0. The van der Waals surface area contributed by atoms with Crippen LogP contribution in [0.4, 0.5) is 0 Å². The predicted octanol–water partition coefficient (Wildman–Crippen LogP) is 2.23. The van der Waals surface area contributed by atoms with Gasteiger partial charge in [0, 0.05) is 24.0 Å². The van der Waals surface area contributed by atoms with Gasteiger partial charge in [0.25, 0.3) is 0 Å². The smallest absolute Gasteiger partial charge is 0.303 e. The van der Waals surface area contributed by atoms with E-state index in [1.165, 1.54) is 4.88 Å². The quantitative estimate of drug-likeness (QED) is 0.895. The number of hydrogen-bond acceptors (Lipinski definition) is 4. The number of rotatable bonds is 4. The maximum Gasteiger partial charge on any atom is 0.303 e. The van der Waals surface area contributed by atoms with Crippen molar-refractivity contribution in [2.75, 3.05) is 13.1 Å². The average Bonchev–Trinajstić information content (AvgIpc) is 2.49. The van der Waals surface area contributed by atoms with Crippen LogP contribution in [0.3, 0.4) is 0 Å². The second-order valence-corrected chi connectivity index (χ2v) is 6.01. The fourth-order valence-corrected chi connectivity index (χ4v) is 3.42. The summed E-state index contributed by atoms with van der Waals surface area (Å²) in [6, 6.07) is 0.367. The molecule has 2 heterocycles. The van der Waals surface area contributed by atoms with E-state index in [9.17, 15) is 4.79 Å². The highest BCUT2D eigenvalue weighted by molar-refractivity contribution is 7.11. The summed E-state index contributed by atoms with van der Waals surface area (Å²) in [6.45, 7) is 8.03. The van der Waals surface area contributed by atoms with Crippen LogP contribution in [-0.4, -0.2) is 34.0 Å². The monoisotopic (exact) mass is 254 g/mol. The molecule has 2 rings (SSSR count). The molecule has 4 nitrogen and oxygen atoms in total. The molecule has 0 aromatic carbocycles. The van der Waals surface area contributed by atoms with Gasteiger partial charge in [-0.1, -0.05) is 0 Å². The Labute approximate surface area is 105 Å². The van der Waals surface area contributed by atoms with Crippen molar-refractivity contribution in [3.8, 4) is 0 Å². The van der Waals surface area contributed by atoms with Gasteiger partial charge in [-0.15, -0.1) is 11.3 Å². The number of hydrogen-bond donors (Lipinski definition) is 1. The van der Waals surface area contributed by atoms with E-state index >= 15 is 0 Å². The Bertz CT molecular complexity index is 424. The highest BCUT2D eigenvalue weighted by atomic mass is 32.1. The van der Waals surface area contributed by atoms with Crippen molar-refractivity contribution >= 4 is 17.3 Å². The van der Waals surface area contributed by atoms with E-state index in [4.69, 9.17) is 5.11 Å². The fraction of sp³-hybridized carbons (Fsp3) is 0.667. The fourth-order valence-electron chi connectivity index (χ4n) is 2.40. The Morgan fingerprint density at radius 1 is 1.59 bits per heavy atom. The van der Waals surface area contributed by atoms with E-state index < -0.39 is 5.97 Å². The molecular formula is C12H18N2O2S. The molecule has 1 saturated heterocycles. The van der Waals surface area contributed by atoms with Crippen LogP contribution in [0.1, 0.15) is 35.0 Å². The molecule has 0 spiro atoms. The summed E-state index contributed by atoms with van der Waals surface area (Å²) >= 11 is 1.75. The van der Waals surface area contributed by atoms with E-state index in [-0.39, 0.29) is 0 Å². The number of carboxylic acid groups (broad SMARTS) is 1. The van der Waals surface area contributed by atoms with Crippen LogP contribution in [0.25, 0.3) is 0 Å². The van der Waals surface area contributed by atoms with Crippen LogP contribution in [0, 0.1) is 19.8 Å². The van der Waals surface area contributed by atoms with Crippen LogP contribution in [0.15, 0.2) is 0 Å². The van der Waals surface area contributed by atoms with E-state index in [1.807, 2.05) is 13.8 Å². The zero-order valence-electron chi connectivity index (χ0n) is 10.4. The van der Waals surface area contributed by atoms with Gasteiger partial charge < -0.3 is 5.11 Å². The highest BCUT2D eigenvalue weighted by Crippen LogP contribution is 2.34. The molecule has 1 atom stereocenters. The number of thiazole rings is 1. The number of aryl methyl sites for hydroxylation is 2. The molecular weight excluding hydrogens is 236 g/mol. The molecule has 1 aromatic heterocycles. The lowest BCUT2D eigenvalue weighted by Crippen LogP contribution is -2.48. The first-order chi connectivity index (χ1) is 7.97. The first kappa shape index (κ1) is 12.5. The minimum atomic E-state index is -0.688. The summed E-state index contributed by atoms with van der Waals surface area (Å²) in [7, 11) is 0. The molecule has 0 saturated carbocycles. The van der Waals surface area contributed by atoms with E-state index in [0.717, 1.165) is 23.8 Å². The Morgan fingerprint density at radius 3 is 2.71 bits per heavy atom. The highest BCUT2D eigenvalue weighted by Gasteiger charge is 2.33. The van der Waals surface area contributed by atoms with Gasteiger partial charge in [0.15, 0.2) is 0 Å². The number of aromatic nitrogens is 1. The standard InChI is InChI=1S/C12H18N2O2S/c1-7-12(17-9(3)13-7)8(2)14-5-10(6-14)4-11(15)16/h8,10H,4-6H2,1-3H3,(H,15,16). The van der Waals surface area contributed by atoms with Gasteiger partial charge in [-0.25, -0.2) is 4.98 Å². The van der Waals surface area contributed by atoms with E-state index in [1.54, 1.807) is 11.3 Å². The van der Waals surface area contributed by atoms with Gasteiger partial charge in [0.1, 0.15) is 0 Å². The molecule has 1 N–H and O–H groups in total. The van der Waals surface area contributed by atoms with Crippen LogP contribution in [0.2, 0.25) is 0 Å². The van der Waals surface area contributed by atoms with Crippen LogP contribution < -0.4 is 0 Å². The summed E-state index contributed by atoms with van der Waals surface area (Å²) in [6.07, 6.45) is 0.296. The largest absolute Gasteiger partial charge is 0.481 e. The lowest BCUT2D eigenvalue weighted by Gasteiger charge is -2.42. The Morgan fingerprint density at radius 2 is 2.24 bits per heavy atom. The third-order valence-electron chi connectivity index (χ3n) is 3.32. The van der Waals surface area contributed by atoms with Crippen LogP contribution >= 0.6 is 11.3 Å². The lowest BCUT2D eigenvalue weighted by atomic mass is 9.94. The minimum absolute atomic E-state index is 0.296. The molecule has 5 heteroatoms. The van der Waals surface area contributed by atoms with Crippen molar-refractivity contribution < 1.29 is 9.90 Å². The van der Waals surface area contributed by atoms with Gasteiger partial charge >= 0.3 is 5.97 Å². The molecule has 0 radical (unpaired) electrons. The second-order valence-electron chi connectivity index (χ2n) is 4.78. The molecule has 17 heavy (non-hydrogen) atoms. The maximum absolute atomic E-state index is 10.6. The second kappa shape index (κ2) is 4.74. The van der Waals surface area contributed by atoms with Crippen molar-refractivity contribution in [2.24, 2.45) is 5.92 Å². The number of carbonyl (C=O) groups is 1. The molecule has 0 aliphatic carbocycles. The maximum atomic E-state index is 10.6. The molecule has 94 valence electrons. The molecule has 1 fully saturated rings. The van der Waals surface area contributed by atoms with Crippen LogP contribution in [0.5, 0.6) is 0 Å². The summed E-state index contributed by atoms with van der Waals surface area (Å²) in [4.78, 5) is 18.7. The van der Waals surface area contributed by atoms with Crippen molar-refractivity contribution in [3.63, 3.8) is 0 Å². The van der Waals surface area contributed by atoms with Gasteiger partial charge in [-0.05, 0) is 26.7 Å². The topological polar surface area (TPSA) is 53.4 Å². The first-order valence-electron chi connectivity index (χ1n) is 5.87. The van der Waals surface area contributed by atoms with Gasteiger partial charge in [-0.2, -0.15) is 0 Å². The molecule has 1 unspecified atom stereocenters. The van der Waals surface area contributed by atoms with Crippen LogP contribution in [-0.2, 0) is 4.79 Å². The van der Waals surface area contributed by atoms with Gasteiger partial charge in [-0.3, -0.25) is 9.69 Å². The number of nitrogens with zero attached hydrogens (tertiary/aromatic N) is 2. The van der Waals surface area contributed by atoms with Crippen molar-refractivity contribution in [1.29, 1.82) is 0 Å². The summed E-state index contributed by atoms with van der Waals surface area (Å²) in [5.41, 5.74) is 1.11. The summed E-state index contributed by atoms with van der Waals surface area (Å²) in [5, 5.41) is 9.82. The number of likely N-dealkylation sites (tertiary alicyclic amines) is 1. The first-order valence-corrected chi connectivity index (χ1v) is 6.68. The minimum Gasteiger partial charge on any atom is -0.481 e. The third kappa shape index (κ3) is 2.66. The molecule has 1 aliphatic rings. The zero-order valence-corrected chi connectivity index (χ0v) is 11.3.